The van der Waals surface area contributed by atoms with Crippen molar-refractivity contribution in [1.82, 2.24) is 4.57 Å². The molecule has 0 unspecified atom stereocenters. The van der Waals surface area contributed by atoms with Crippen molar-refractivity contribution in [2.75, 3.05) is 13.7 Å². The van der Waals surface area contributed by atoms with Gasteiger partial charge in [-0.1, -0.05) is 59.3 Å². The average Bonchev–Trinajstić information content (AvgIpc) is 3.27. The maximum absolute atomic E-state index is 13.8. The van der Waals surface area contributed by atoms with E-state index in [1.165, 1.54) is 15.9 Å². The van der Waals surface area contributed by atoms with Gasteiger partial charge in [-0.2, -0.15) is 0 Å². The molecule has 0 aliphatic carbocycles. The van der Waals surface area contributed by atoms with Crippen molar-refractivity contribution in [3.05, 3.63) is 125 Å². The quantitative estimate of drug-likeness (QED) is 0.230. The number of carbonyl (C=O) groups is 2. The third kappa shape index (κ3) is 5.73. The molecule has 4 aromatic rings. The van der Waals surface area contributed by atoms with Crippen LogP contribution in [0.1, 0.15) is 41.4 Å². The number of aromatic nitrogens is 1. The van der Waals surface area contributed by atoms with Crippen LogP contribution in [-0.4, -0.2) is 30.2 Å². The van der Waals surface area contributed by atoms with E-state index in [0.29, 0.717) is 37.1 Å². The fraction of sp³-hybridized carbons (Fsp3) is 0.161. The zero-order valence-electron chi connectivity index (χ0n) is 22.4. The van der Waals surface area contributed by atoms with E-state index < -0.39 is 18.0 Å². The predicted molar refractivity (Wildman–Crippen MR) is 156 cm³/mol. The molecule has 41 heavy (non-hydrogen) atoms. The fourth-order valence-electron chi connectivity index (χ4n) is 4.47. The highest BCUT2D eigenvalue weighted by molar-refractivity contribution is 7.07. The Kier molecular flexibility index (Phi) is 8.19. The predicted octanol–water partition coefficient (Wildman–Crippen LogP) is 4.68. The molecule has 3 aromatic carbocycles. The first-order valence-corrected chi connectivity index (χ1v) is 13.9. The van der Waals surface area contributed by atoms with Gasteiger partial charge in [0.05, 0.1) is 46.1 Å². The maximum atomic E-state index is 13.8. The summed E-state index contributed by atoms with van der Waals surface area (Å²) >= 11 is 7.32. The van der Waals surface area contributed by atoms with Gasteiger partial charge in [0.15, 0.2) is 4.80 Å². The lowest BCUT2D eigenvalue weighted by molar-refractivity contribution is -0.139. The number of allylic oxidation sites excluding steroid dienone is 1. The van der Waals surface area contributed by atoms with Crippen LogP contribution in [0.3, 0.4) is 0 Å². The largest absolute Gasteiger partial charge is 0.497 e. The molecule has 0 N–H and O–H groups in total. The van der Waals surface area contributed by atoms with Crippen molar-refractivity contribution >= 4 is 41.0 Å². The molecule has 1 atom stereocenters. The number of fused-ring (bicyclic) bond motifs is 1. The van der Waals surface area contributed by atoms with E-state index in [1.807, 2.05) is 12.1 Å². The summed E-state index contributed by atoms with van der Waals surface area (Å²) in [5.41, 5.74) is 2.21. The number of hydrogen-bond acceptors (Lipinski definition) is 8. The lowest BCUT2D eigenvalue weighted by Crippen LogP contribution is -2.39. The Morgan fingerprint density at radius 2 is 1.68 bits per heavy atom. The first-order chi connectivity index (χ1) is 19.8. The zero-order valence-corrected chi connectivity index (χ0v) is 24.0. The number of thiazole rings is 1. The Hall–Kier alpha value is -4.47. The molecule has 0 saturated heterocycles. The second-order valence-electron chi connectivity index (χ2n) is 9.01. The van der Waals surface area contributed by atoms with Crippen LogP contribution < -0.4 is 24.4 Å². The number of esters is 2. The van der Waals surface area contributed by atoms with Gasteiger partial charge in [0.25, 0.3) is 5.56 Å². The Morgan fingerprint density at radius 1 is 1.00 bits per heavy atom. The summed E-state index contributed by atoms with van der Waals surface area (Å²) in [6.45, 7) is 3.66. The maximum Gasteiger partial charge on any atom is 0.345 e. The number of benzene rings is 3. The van der Waals surface area contributed by atoms with E-state index in [2.05, 4.69) is 4.99 Å². The van der Waals surface area contributed by atoms with Crippen molar-refractivity contribution in [1.29, 1.82) is 0 Å². The number of ether oxygens (including phenoxy) is 3. The SMILES string of the molecule is CCOC(=O)C1=C(C)N=c2s/c(=C/c3ccc(OC(=O)c4ccccc4Cl)cc3)c(=O)n2[C@@H]1c1ccc(OC)cc1. The monoisotopic (exact) mass is 588 g/mol. The van der Waals surface area contributed by atoms with Crippen molar-refractivity contribution in [2.45, 2.75) is 19.9 Å². The minimum atomic E-state index is -0.718. The van der Waals surface area contributed by atoms with E-state index in [0.717, 1.165) is 11.1 Å². The lowest BCUT2D eigenvalue weighted by Gasteiger charge is -2.24. The summed E-state index contributed by atoms with van der Waals surface area (Å²) in [7, 11) is 1.57. The van der Waals surface area contributed by atoms with Gasteiger partial charge in [-0.05, 0) is 67.4 Å². The van der Waals surface area contributed by atoms with Gasteiger partial charge in [-0.15, -0.1) is 0 Å². The van der Waals surface area contributed by atoms with Gasteiger partial charge >= 0.3 is 11.9 Å². The van der Waals surface area contributed by atoms with Crippen molar-refractivity contribution in [2.24, 2.45) is 4.99 Å². The van der Waals surface area contributed by atoms with Crippen LogP contribution in [0, 0.1) is 0 Å². The summed E-state index contributed by atoms with van der Waals surface area (Å²) in [6, 6.07) is 19.9. The standard InChI is InChI=1S/C31H25ClN2O6S/c1-4-39-30(37)26-18(2)33-31-34(27(26)20-11-15-21(38-3)16-12-20)28(35)25(41-31)17-19-9-13-22(14-10-19)40-29(36)23-7-5-6-8-24(23)32/h5-17,27H,4H2,1-3H3/b25-17+/t27-/m1/s1. The minimum absolute atomic E-state index is 0.194. The highest BCUT2D eigenvalue weighted by Gasteiger charge is 2.33. The molecule has 0 spiro atoms. The summed E-state index contributed by atoms with van der Waals surface area (Å²) in [5, 5.41) is 0.304. The van der Waals surface area contributed by atoms with E-state index in [4.69, 9.17) is 25.8 Å². The van der Waals surface area contributed by atoms with Crippen LogP contribution in [0.25, 0.3) is 6.08 Å². The second kappa shape index (κ2) is 12.0. The van der Waals surface area contributed by atoms with Gasteiger partial charge in [-0.3, -0.25) is 9.36 Å². The topological polar surface area (TPSA) is 96.2 Å². The van der Waals surface area contributed by atoms with E-state index in [9.17, 15) is 14.4 Å². The average molecular weight is 589 g/mol. The number of carbonyl (C=O) groups excluding carboxylic acids is 2. The minimum Gasteiger partial charge on any atom is -0.497 e. The molecule has 208 valence electrons. The van der Waals surface area contributed by atoms with Gasteiger partial charge in [0.2, 0.25) is 0 Å². The van der Waals surface area contributed by atoms with E-state index >= 15 is 0 Å². The van der Waals surface area contributed by atoms with Crippen LogP contribution in [0.5, 0.6) is 11.5 Å². The summed E-state index contributed by atoms with van der Waals surface area (Å²) in [6.07, 6.45) is 1.73. The molecule has 0 amide bonds. The Bertz CT molecular complexity index is 1840. The van der Waals surface area contributed by atoms with Gasteiger partial charge in [0, 0.05) is 0 Å². The summed E-state index contributed by atoms with van der Waals surface area (Å²) < 4.78 is 18.0. The molecule has 5 rings (SSSR count). The molecular weight excluding hydrogens is 564 g/mol. The highest BCUT2D eigenvalue weighted by atomic mass is 35.5. The molecule has 0 saturated carbocycles. The van der Waals surface area contributed by atoms with Crippen molar-refractivity contribution in [3.8, 4) is 11.5 Å². The van der Waals surface area contributed by atoms with Crippen LogP contribution in [0.4, 0.5) is 0 Å². The summed E-state index contributed by atoms with van der Waals surface area (Å²) in [5.74, 6) is -0.1000. The Balaban J connectivity index is 1.51. The van der Waals surface area contributed by atoms with Crippen LogP contribution >= 0.6 is 22.9 Å². The fourth-order valence-corrected chi connectivity index (χ4v) is 5.72. The number of rotatable bonds is 7. The molecule has 0 radical (unpaired) electrons. The normalized spacial score (nSPS) is 14.7. The molecule has 2 heterocycles. The first kappa shape index (κ1) is 28.1. The molecule has 0 fully saturated rings. The molecule has 1 aliphatic heterocycles. The summed E-state index contributed by atoms with van der Waals surface area (Å²) in [4.78, 5) is 44.3. The van der Waals surface area contributed by atoms with Crippen LogP contribution in [0.15, 0.2) is 93.9 Å². The third-order valence-electron chi connectivity index (χ3n) is 6.43. The molecule has 10 heteroatoms. The van der Waals surface area contributed by atoms with Crippen molar-refractivity contribution in [3.63, 3.8) is 0 Å². The number of halogens is 1. The smallest absolute Gasteiger partial charge is 0.345 e. The van der Waals surface area contributed by atoms with E-state index in [-0.39, 0.29) is 17.7 Å². The Morgan fingerprint density at radius 3 is 2.34 bits per heavy atom. The molecule has 8 nitrogen and oxygen atoms in total. The second-order valence-corrected chi connectivity index (χ2v) is 10.4. The van der Waals surface area contributed by atoms with Gasteiger partial charge < -0.3 is 14.2 Å². The van der Waals surface area contributed by atoms with Gasteiger partial charge in [0.1, 0.15) is 11.5 Å². The zero-order chi connectivity index (χ0) is 29.1. The highest BCUT2D eigenvalue weighted by Crippen LogP contribution is 2.31. The first-order valence-electron chi connectivity index (χ1n) is 12.7. The molecular formula is C31H25ClN2O6S. The molecule has 0 bridgehead atoms. The lowest BCUT2D eigenvalue weighted by atomic mass is 9.96. The van der Waals surface area contributed by atoms with E-state index in [1.54, 1.807) is 87.7 Å². The number of methoxy groups -OCH3 is 1. The van der Waals surface area contributed by atoms with Crippen molar-refractivity contribution < 1.29 is 23.8 Å². The number of nitrogens with zero attached hydrogens (tertiary/aromatic N) is 2. The molecule has 1 aromatic heterocycles. The van der Waals surface area contributed by atoms with Crippen LogP contribution in [-0.2, 0) is 9.53 Å². The Labute approximate surface area is 244 Å². The van der Waals surface area contributed by atoms with Gasteiger partial charge in [-0.25, -0.2) is 14.6 Å². The molecule has 1 aliphatic rings. The third-order valence-corrected chi connectivity index (χ3v) is 7.74. The van der Waals surface area contributed by atoms with Crippen LogP contribution in [0.2, 0.25) is 5.02 Å². The number of hydrogen-bond donors (Lipinski definition) is 0.